The fraction of sp³-hybridized carbons (Fsp3) is 0.577. The standard InChI is InChI=1S/C26H36N6O4/c1-3-35-25(34)18-36-22-10-8-21(9-11-22)28-24(33)17-31-12-14-32(15-13-31)26-29-23(16-27-30-26)20-6-4-19(2)5-7-20/h4-7,16,21-22H,3,8-15,17-18H2,1-2H3,(H,28,33)/t21-,22-. The highest BCUT2D eigenvalue weighted by Gasteiger charge is 2.26. The number of carbonyl (C=O) groups is 2. The zero-order valence-corrected chi connectivity index (χ0v) is 21.2. The van der Waals surface area contributed by atoms with Crippen LogP contribution >= 0.6 is 0 Å². The van der Waals surface area contributed by atoms with Crippen molar-refractivity contribution in [3.8, 4) is 11.3 Å². The van der Waals surface area contributed by atoms with Crippen molar-refractivity contribution in [2.75, 3.05) is 50.8 Å². The Morgan fingerprint density at radius 3 is 2.47 bits per heavy atom. The molecule has 1 saturated carbocycles. The number of piperazine rings is 1. The highest BCUT2D eigenvalue weighted by Crippen LogP contribution is 2.22. The van der Waals surface area contributed by atoms with Crippen LogP contribution in [0.1, 0.15) is 38.2 Å². The summed E-state index contributed by atoms with van der Waals surface area (Å²) in [5.41, 5.74) is 3.03. The molecule has 10 heteroatoms. The van der Waals surface area contributed by atoms with Crippen molar-refractivity contribution in [2.45, 2.75) is 51.7 Å². The van der Waals surface area contributed by atoms with E-state index in [4.69, 9.17) is 14.5 Å². The SMILES string of the molecule is CCOC(=O)CO[C@H]1CC[C@H](NC(=O)CN2CCN(c3nncc(-c4ccc(C)cc4)n3)CC2)CC1. The average Bonchev–Trinajstić information content (AvgIpc) is 2.89. The summed E-state index contributed by atoms with van der Waals surface area (Å²) < 4.78 is 10.5. The van der Waals surface area contributed by atoms with E-state index >= 15 is 0 Å². The van der Waals surface area contributed by atoms with Crippen LogP contribution < -0.4 is 10.2 Å². The van der Waals surface area contributed by atoms with Gasteiger partial charge in [-0.1, -0.05) is 29.8 Å². The molecule has 194 valence electrons. The van der Waals surface area contributed by atoms with Crippen LogP contribution in [0, 0.1) is 6.92 Å². The molecular weight excluding hydrogens is 460 g/mol. The van der Waals surface area contributed by atoms with E-state index in [0.717, 1.165) is 63.1 Å². The summed E-state index contributed by atoms with van der Waals surface area (Å²) in [4.78, 5) is 33.1. The fourth-order valence-electron chi connectivity index (χ4n) is 4.64. The first kappa shape index (κ1) is 26.0. The third-order valence-corrected chi connectivity index (χ3v) is 6.70. The normalized spacial score (nSPS) is 20.7. The molecule has 1 N–H and O–H groups in total. The molecule has 0 atom stereocenters. The molecule has 10 nitrogen and oxygen atoms in total. The first-order valence-electron chi connectivity index (χ1n) is 12.8. The van der Waals surface area contributed by atoms with E-state index in [-0.39, 0.29) is 30.6 Å². The monoisotopic (exact) mass is 496 g/mol. The minimum absolute atomic E-state index is 0.00113. The van der Waals surface area contributed by atoms with Crippen LogP contribution in [0.4, 0.5) is 5.95 Å². The number of carbonyl (C=O) groups excluding carboxylic acids is 2. The van der Waals surface area contributed by atoms with Crippen molar-refractivity contribution in [2.24, 2.45) is 0 Å². The van der Waals surface area contributed by atoms with Crippen molar-refractivity contribution in [3.63, 3.8) is 0 Å². The van der Waals surface area contributed by atoms with Gasteiger partial charge in [-0.3, -0.25) is 9.69 Å². The van der Waals surface area contributed by atoms with Crippen LogP contribution in [0.5, 0.6) is 0 Å². The van der Waals surface area contributed by atoms with Crippen LogP contribution in [-0.4, -0.2) is 90.0 Å². The predicted molar refractivity (Wildman–Crippen MR) is 135 cm³/mol. The smallest absolute Gasteiger partial charge is 0.332 e. The largest absolute Gasteiger partial charge is 0.464 e. The zero-order valence-electron chi connectivity index (χ0n) is 21.2. The number of ether oxygens (including phenoxy) is 2. The van der Waals surface area contributed by atoms with Gasteiger partial charge in [-0.25, -0.2) is 9.78 Å². The lowest BCUT2D eigenvalue weighted by molar-refractivity contribution is -0.151. The molecule has 1 amide bonds. The van der Waals surface area contributed by atoms with Crippen molar-refractivity contribution >= 4 is 17.8 Å². The minimum atomic E-state index is -0.324. The molecule has 0 bridgehead atoms. The molecule has 1 saturated heterocycles. The molecule has 2 fully saturated rings. The van der Waals surface area contributed by atoms with Gasteiger partial charge in [0.25, 0.3) is 0 Å². The van der Waals surface area contributed by atoms with Gasteiger partial charge in [0.05, 0.1) is 31.1 Å². The molecule has 1 aliphatic carbocycles. The van der Waals surface area contributed by atoms with E-state index < -0.39 is 0 Å². The Kier molecular flexibility index (Phi) is 9.18. The van der Waals surface area contributed by atoms with E-state index in [1.165, 1.54) is 5.56 Å². The molecule has 36 heavy (non-hydrogen) atoms. The molecule has 1 aromatic heterocycles. The maximum Gasteiger partial charge on any atom is 0.332 e. The Morgan fingerprint density at radius 2 is 1.78 bits per heavy atom. The summed E-state index contributed by atoms with van der Waals surface area (Å²) in [7, 11) is 0. The molecular formula is C26H36N6O4. The van der Waals surface area contributed by atoms with Crippen molar-refractivity contribution in [1.82, 2.24) is 25.4 Å². The van der Waals surface area contributed by atoms with Gasteiger partial charge in [-0.2, -0.15) is 5.10 Å². The Labute approximate surface area is 212 Å². The van der Waals surface area contributed by atoms with Crippen LogP contribution in [0.3, 0.4) is 0 Å². The maximum absolute atomic E-state index is 12.6. The van der Waals surface area contributed by atoms with Gasteiger partial charge in [-0.05, 0) is 39.5 Å². The lowest BCUT2D eigenvalue weighted by Gasteiger charge is -2.35. The van der Waals surface area contributed by atoms with Gasteiger partial charge in [0.15, 0.2) is 0 Å². The lowest BCUT2D eigenvalue weighted by Crippen LogP contribution is -2.51. The maximum atomic E-state index is 12.6. The molecule has 0 radical (unpaired) electrons. The number of nitrogens with one attached hydrogen (secondary N) is 1. The third kappa shape index (κ3) is 7.44. The average molecular weight is 497 g/mol. The molecule has 1 aromatic carbocycles. The second-order valence-corrected chi connectivity index (χ2v) is 9.43. The summed E-state index contributed by atoms with van der Waals surface area (Å²) in [5, 5.41) is 11.6. The fourth-order valence-corrected chi connectivity index (χ4v) is 4.64. The van der Waals surface area contributed by atoms with E-state index in [9.17, 15) is 9.59 Å². The lowest BCUT2D eigenvalue weighted by atomic mass is 9.93. The second kappa shape index (κ2) is 12.7. The van der Waals surface area contributed by atoms with Crippen LogP contribution in [-0.2, 0) is 19.1 Å². The van der Waals surface area contributed by atoms with E-state index in [1.807, 2.05) is 12.1 Å². The van der Waals surface area contributed by atoms with Crippen molar-refractivity contribution in [1.29, 1.82) is 0 Å². The summed E-state index contributed by atoms with van der Waals surface area (Å²) >= 11 is 0. The number of rotatable bonds is 9. The molecule has 0 spiro atoms. The molecule has 2 aromatic rings. The number of benzene rings is 1. The zero-order chi connectivity index (χ0) is 25.3. The highest BCUT2D eigenvalue weighted by atomic mass is 16.6. The van der Waals surface area contributed by atoms with E-state index in [1.54, 1.807) is 13.1 Å². The van der Waals surface area contributed by atoms with Crippen LogP contribution in [0.2, 0.25) is 0 Å². The first-order chi connectivity index (χ1) is 17.5. The Bertz CT molecular complexity index is 1000. The molecule has 1 aliphatic heterocycles. The molecule has 4 rings (SSSR count). The van der Waals surface area contributed by atoms with E-state index in [0.29, 0.717) is 19.1 Å². The van der Waals surface area contributed by atoms with Gasteiger partial charge in [0, 0.05) is 37.8 Å². The summed E-state index contributed by atoms with van der Waals surface area (Å²) in [6.45, 7) is 7.60. The molecule has 2 heterocycles. The quantitative estimate of drug-likeness (QED) is 0.521. The second-order valence-electron chi connectivity index (χ2n) is 9.43. The van der Waals surface area contributed by atoms with Gasteiger partial charge < -0.3 is 19.7 Å². The van der Waals surface area contributed by atoms with Crippen LogP contribution in [0.15, 0.2) is 30.5 Å². The number of esters is 1. The number of amides is 1. The number of hydrogen-bond donors (Lipinski definition) is 1. The Morgan fingerprint density at radius 1 is 1.06 bits per heavy atom. The predicted octanol–water partition coefficient (Wildman–Crippen LogP) is 1.98. The van der Waals surface area contributed by atoms with Gasteiger partial charge in [0.2, 0.25) is 11.9 Å². The van der Waals surface area contributed by atoms with Crippen molar-refractivity contribution < 1.29 is 19.1 Å². The molecule has 2 aliphatic rings. The topological polar surface area (TPSA) is 110 Å². The highest BCUT2D eigenvalue weighted by molar-refractivity contribution is 5.78. The van der Waals surface area contributed by atoms with Crippen molar-refractivity contribution in [3.05, 3.63) is 36.0 Å². The third-order valence-electron chi connectivity index (χ3n) is 6.70. The summed E-state index contributed by atoms with van der Waals surface area (Å²) in [6, 6.07) is 8.37. The first-order valence-corrected chi connectivity index (χ1v) is 12.8. The number of aromatic nitrogens is 3. The van der Waals surface area contributed by atoms with Gasteiger partial charge in [0.1, 0.15) is 6.61 Å². The number of nitrogens with zero attached hydrogens (tertiary/aromatic N) is 5. The Hall–Kier alpha value is -3.11. The molecule has 0 unspecified atom stereocenters. The van der Waals surface area contributed by atoms with E-state index in [2.05, 4.69) is 44.4 Å². The Balaban J connectivity index is 1.17. The minimum Gasteiger partial charge on any atom is -0.464 e. The van der Waals surface area contributed by atoms with Gasteiger partial charge >= 0.3 is 5.97 Å². The number of hydrogen-bond acceptors (Lipinski definition) is 9. The van der Waals surface area contributed by atoms with Gasteiger partial charge in [-0.15, -0.1) is 5.10 Å². The summed E-state index contributed by atoms with van der Waals surface area (Å²) in [6.07, 6.45) is 5.12. The summed E-state index contributed by atoms with van der Waals surface area (Å²) in [5.74, 6) is 0.354. The number of aryl methyl sites for hydroxylation is 1. The van der Waals surface area contributed by atoms with Crippen LogP contribution in [0.25, 0.3) is 11.3 Å². The number of anilines is 1.